The SMILES string of the molecule is COC(=O)[C@@]12CC1/C=C\CCCCC[C@H](NC(=O)OC(C)(C)C)C(=O)N1C[C@@H](OS(=O)(=O)c3ccc(Br)cc3)CC1C(=O)N2. The molecule has 0 spiro atoms. The Morgan fingerprint density at radius 2 is 1.82 bits per heavy atom. The Morgan fingerprint density at radius 3 is 2.48 bits per heavy atom. The Balaban J connectivity index is 1.64. The third-order valence-electron chi connectivity index (χ3n) is 7.85. The lowest BCUT2D eigenvalue weighted by molar-refractivity contribution is -0.148. The van der Waals surface area contributed by atoms with Gasteiger partial charge in [-0.25, -0.2) is 9.59 Å². The summed E-state index contributed by atoms with van der Waals surface area (Å²) in [6.07, 6.45) is 5.45. The van der Waals surface area contributed by atoms with Crippen molar-refractivity contribution in [1.82, 2.24) is 15.5 Å². The van der Waals surface area contributed by atoms with E-state index in [9.17, 15) is 27.6 Å². The lowest BCUT2D eigenvalue weighted by atomic mass is 10.0. The van der Waals surface area contributed by atoms with E-state index in [4.69, 9.17) is 13.7 Å². The fourth-order valence-corrected chi connectivity index (χ4v) is 6.93. The summed E-state index contributed by atoms with van der Waals surface area (Å²) in [5.74, 6) is -2.09. The Labute approximate surface area is 266 Å². The lowest BCUT2D eigenvalue weighted by Crippen LogP contribution is -2.56. The number of carbonyl (C=O) groups excluding carboxylic acids is 4. The molecule has 0 bridgehead atoms. The van der Waals surface area contributed by atoms with Crippen molar-refractivity contribution in [2.75, 3.05) is 13.7 Å². The van der Waals surface area contributed by atoms with Gasteiger partial charge in [0.2, 0.25) is 11.8 Å². The Hall–Kier alpha value is -2.97. The second kappa shape index (κ2) is 13.6. The molecule has 2 unspecified atom stereocenters. The smallest absolute Gasteiger partial charge is 0.408 e. The molecule has 44 heavy (non-hydrogen) atoms. The summed E-state index contributed by atoms with van der Waals surface area (Å²) < 4.78 is 42.9. The first-order chi connectivity index (χ1) is 20.6. The van der Waals surface area contributed by atoms with Crippen molar-refractivity contribution in [2.45, 2.75) is 99.9 Å². The first-order valence-corrected chi connectivity index (χ1v) is 16.9. The number of nitrogens with zero attached hydrogens (tertiary/aromatic N) is 1. The van der Waals surface area contributed by atoms with Gasteiger partial charge in [-0.2, -0.15) is 8.42 Å². The number of benzene rings is 1. The van der Waals surface area contributed by atoms with Crippen molar-refractivity contribution in [3.8, 4) is 0 Å². The third-order valence-corrected chi connectivity index (χ3v) is 9.75. The highest BCUT2D eigenvalue weighted by atomic mass is 79.9. The van der Waals surface area contributed by atoms with Gasteiger partial charge in [-0.1, -0.05) is 40.9 Å². The number of fused-ring (bicyclic) bond motifs is 2. The molecular formula is C30H40BrN3O9S. The van der Waals surface area contributed by atoms with Crippen LogP contribution in [0.25, 0.3) is 0 Å². The zero-order valence-electron chi connectivity index (χ0n) is 25.3. The lowest BCUT2D eigenvalue weighted by Gasteiger charge is -2.30. The first kappa shape index (κ1) is 33.9. The summed E-state index contributed by atoms with van der Waals surface area (Å²) in [4.78, 5) is 54.6. The van der Waals surface area contributed by atoms with E-state index in [1.54, 1.807) is 32.9 Å². The second-order valence-corrected chi connectivity index (χ2v) is 14.9. The van der Waals surface area contributed by atoms with Gasteiger partial charge in [-0.15, -0.1) is 0 Å². The quantitative estimate of drug-likeness (QED) is 0.267. The molecule has 14 heteroatoms. The largest absolute Gasteiger partial charge is 0.467 e. The molecule has 1 aliphatic carbocycles. The number of methoxy groups -OCH3 is 1. The minimum atomic E-state index is -4.24. The number of carbonyl (C=O) groups is 4. The van der Waals surface area contributed by atoms with Crippen molar-refractivity contribution in [3.63, 3.8) is 0 Å². The Morgan fingerprint density at radius 1 is 1.11 bits per heavy atom. The molecule has 4 rings (SSSR count). The van der Waals surface area contributed by atoms with Crippen LogP contribution in [0.2, 0.25) is 0 Å². The molecule has 2 fully saturated rings. The molecule has 0 radical (unpaired) electrons. The Kier molecular flexibility index (Phi) is 10.5. The Bertz CT molecular complexity index is 1390. The van der Waals surface area contributed by atoms with Crippen molar-refractivity contribution in [3.05, 3.63) is 40.9 Å². The highest BCUT2D eigenvalue weighted by Gasteiger charge is 2.62. The number of hydrogen-bond donors (Lipinski definition) is 2. The number of halogens is 1. The van der Waals surface area contributed by atoms with Gasteiger partial charge in [0.1, 0.15) is 23.2 Å². The first-order valence-electron chi connectivity index (χ1n) is 14.7. The summed E-state index contributed by atoms with van der Waals surface area (Å²) >= 11 is 3.27. The molecule has 0 aromatic heterocycles. The normalized spacial score (nSPS) is 28.8. The summed E-state index contributed by atoms with van der Waals surface area (Å²) in [6, 6.07) is 3.68. The molecule has 5 atom stereocenters. The molecule has 1 aromatic carbocycles. The molecule has 2 N–H and O–H groups in total. The van der Waals surface area contributed by atoms with Crippen LogP contribution in [0.5, 0.6) is 0 Å². The monoisotopic (exact) mass is 697 g/mol. The van der Waals surface area contributed by atoms with Crippen LogP contribution >= 0.6 is 15.9 Å². The third kappa shape index (κ3) is 8.19. The highest BCUT2D eigenvalue weighted by molar-refractivity contribution is 9.10. The van der Waals surface area contributed by atoms with Crippen LogP contribution in [0.15, 0.2) is 45.8 Å². The van der Waals surface area contributed by atoms with E-state index in [1.165, 1.54) is 24.1 Å². The van der Waals surface area contributed by atoms with Crippen molar-refractivity contribution < 1.29 is 41.3 Å². The molecule has 1 aromatic rings. The van der Waals surface area contributed by atoms with E-state index < -0.39 is 63.3 Å². The van der Waals surface area contributed by atoms with E-state index in [-0.39, 0.29) is 30.2 Å². The number of amides is 3. The van der Waals surface area contributed by atoms with E-state index in [0.717, 1.165) is 19.3 Å². The average Bonchev–Trinajstić information content (AvgIpc) is 3.47. The highest BCUT2D eigenvalue weighted by Crippen LogP contribution is 2.46. The summed E-state index contributed by atoms with van der Waals surface area (Å²) in [6.45, 7) is 4.88. The maximum atomic E-state index is 14.1. The summed E-state index contributed by atoms with van der Waals surface area (Å²) in [5.41, 5.74) is -2.09. The zero-order valence-corrected chi connectivity index (χ0v) is 27.7. The van der Waals surface area contributed by atoms with E-state index in [1.807, 2.05) is 12.2 Å². The molecular weight excluding hydrogens is 658 g/mol. The van der Waals surface area contributed by atoms with Crippen LogP contribution in [-0.2, 0) is 38.2 Å². The molecule has 1 saturated carbocycles. The van der Waals surface area contributed by atoms with Crippen molar-refractivity contribution in [1.29, 1.82) is 0 Å². The molecule has 3 amide bonds. The molecule has 242 valence electrons. The minimum Gasteiger partial charge on any atom is -0.467 e. The maximum Gasteiger partial charge on any atom is 0.408 e. The average molecular weight is 699 g/mol. The number of esters is 1. The van der Waals surface area contributed by atoms with Crippen molar-refractivity contribution in [2.24, 2.45) is 5.92 Å². The fraction of sp³-hybridized carbons (Fsp3) is 0.600. The van der Waals surface area contributed by atoms with Crippen LogP contribution in [0.1, 0.15) is 65.7 Å². The van der Waals surface area contributed by atoms with Gasteiger partial charge >= 0.3 is 12.1 Å². The number of hydrogen-bond acceptors (Lipinski definition) is 9. The van der Waals surface area contributed by atoms with E-state index in [0.29, 0.717) is 17.3 Å². The summed E-state index contributed by atoms with van der Waals surface area (Å²) in [5, 5.41) is 5.46. The number of allylic oxidation sites excluding steroid dienone is 1. The van der Waals surface area contributed by atoms with Gasteiger partial charge < -0.3 is 25.0 Å². The molecule has 12 nitrogen and oxygen atoms in total. The maximum absolute atomic E-state index is 14.1. The van der Waals surface area contributed by atoms with Gasteiger partial charge in [-0.3, -0.25) is 13.8 Å². The predicted octanol–water partition coefficient (Wildman–Crippen LogP) is 3.59. The molecule has 2 aliphatic heterocycles. The van der Waals surface area contributed by atoms with Gasteiger partial charge in [0, 0.05) is 23.4 Å². The molecule has 1 saturated heterocycles. The number of alkyl carbamates (subject to hydrolysis) is 1. The van der Waals surface area contributed by atoms with Crippen LogP contribution in [0.4, 0.5) is 4.79 Å². The van der Waals surface area contributed by atoms with E-state index >= 15 is 0 Å². The van der Waals surface area contributed by atoms with Crippen LogP contribution in [-0.4, -0.2) is 80.2 Å². The fourth-order valence-electron chi connectivity index (χ4n) is 5.59. The van der Waals surface area contributed by atoms with Crippen LogP contribution in [0.3, 0.4) is 0 Å². The predicted molar refractivity (Wildman–Crippen MR) is 163 cm³/mol. The molecule has 2 heterocycles. The zero-order chi connectivity index (χ0) is 32.3. The van der Waals surface area contributed by atoms with Crippen LogP contribution < -0.4 is 10.6 Å². The van der Waals surface area contributed by atoms with Gasteiger partial charge in [0.25, 0.3) is 10.1 Å². The van der Waals surface area contributed by atoms with E-state index in [2.05, 4.69) is 26.6 Å². The van der Waals surface area contributed by atoms with Gasteiger partial charge in [0.15, 0.2) is 0 Å². The number of ether oxygens (including phenoxy) is 2. The standard InChI is InChI=1S/C30H40BrN3O9S/c1-29(2,3)42-28(38)32-23-11-9-7-5-6-8-10-19-17-30(19,27(37)41-4)33-25(35)24-16-21(18-34(24)26(23)36)43-44(39,40)22-14-12-20(31)13-15-22/h8,10,12-15,19,21,23-24H,5-7,9,11,16-18H2,1-4H3,(H,32,38)(H,33,35)/b10-8-/t19?,21-,23-,24?,30+/m0/s1. The number of rotatable bonds is 5. The van der Waals surface area contributed by atoms with Crippen LogP contribution in [0, 0.1) is 5.92 Å². The van der Waals surface area contributed by atoms with Gasteiger partial charge in [0.05, 0.1) is 18.1 Å². The topological polar surface area (TPSA) is 157 Å². The second-order valence-electron chi connectivity index (χ2n) is 12.4. The minimum absolute atomic E-state index is 0.0809. The van der Waals surface area contributed by atoms with Gasteiger partial charge in [-0.05, 0) is 70.7 Å². The molecule has 3 aliphatic rings. The number of nitrogens with one attached hydrogen (secondary N) is 2. The summed E-state index contributed by atoms with van der Waals surface area (Å²) in [7, 11) is -3.00. The van der Waals surface area contributed by atoms with Crippen molar-refractivity contribution >= 4 is 49.9 Å².